The van der Waals surface area contributed by atoms with Crippen LogP contribution in [0.5, 0.6) is 11.6 Å². The summed E-state index contributed by atoms with van der Waals surface area (Å²) in [5.74, 6) is -2.59. The Bertz CT molecular complexity index is 1950. The second-order valence-corrected chi connectivity index (χ2v) is 18.0. The Kier molecular flexibility index (Phi) is 10.8. The largest absolute Gasteiger partial charge is 0.494 e. The number of methoxy groups -OCH3 is 1. The summed E-state index contributed by atoms with van der Waals surface area (Å²) in [4.78, 5) is 64.2. The number of aromatic nitrogens is 1. The number of benzene rings is 1. The Morgan fingerprint density at radius 2 is 1.91 bits per heavy atom. The zero-order chi connectivity index (χ0) is 39.2. The maximum absolute atomic E-state index is 15.0. The second-order valence-electron chi connectivity index (χ2n) is 15.8. The van der Waals surface area contributed by atoms with E-state index < -0.39 is 68.6 Å². The van der Waals surface area contributed by atoms with E-state index in [9.17, 15) is 32.7 Å². The van der Waals surface area contributed by atoms with Crippen LogP contribution in [0.1, 0.15) is 72.1 Å². The Morgan fingerprint density at radius 1 is 1.17 bits per heavy atom. The molecule has 4 amide bonds. The number of carbonyl (C=O) groups excluding carboxylic acids is 3. The summed E-state index contributed by atoms with van der Waals surface area (Å²) >= 11 is 0. The van der Waals surface area contributed by atoms with E-state index in [0.717, 1.165) is 23.4 Å². The summed E-state index contributed by atoms with van der Waals surface area (Å²) in [6.45, 7) is 5.09. The van der Waals surface area contributed by atoms with Crippen molar-refractivity contribution in [3.05, 3.63) is 36.5 Å². The number of hydrogen-bond acceptors (Lipinski definition) is 10. The molecule has 0 bridgehead atoms. The fraction of sp³-hybridized carbons (Fsp3) is 0.605. The van der Waals surface area contributed by atoms with Crippen molar-refractivity contribution in [2.45, 2.75) is 101 Å². The van der Waals surface area contributed by atoms with Crippen LogP contribution in [0.4, 0.5) is 10.5 Å². The van der Waals surface area contributed by atoms with Crippen molar-refractivity contribution in [2.24, 2.45) is 17.8 Å². The summed E-state index contributed by atoms with van der Waals surface area (Å²) < 4.78 is 40.2. The fourth-order valence-electron chi connectivity index (χ4n) is 7.79. The molecule has 2 saturated carbocycles. The van der Waals surface area contributed by atoms with Crippen molar-refractivity contribution in [1.82, 2.24) is 25.2 Å². The van der Waals surface area contributed by atoms with Crippen LogP contribution in [-0.2, 0) is 24.4 Å². The van der Waals surface area contributed by atoms with E-state index in [1.165, 1.54) is 20.2 Å². The highest BCUT2D eigenvalue weighted by Crippen LogP contribution is 2.44. The second kappa shape index (κ2) is 14.9. The molecule has 2 aliphatic carbocycles. The van der Waals surface area contributed by atoms with Crippen molar-refractivity contribution < 1.29 is 42.2 Å². The minimum atomic E-state index is -4.28. The molecule has 15 nitrogen and oxygen atoms in total. The molecule has 16 heteroatoms. The standard InChI is InChI=1S/C38H52N6O9S/c1-7-23-16-22(2)10-8-9-11-24-17-29(24)40-34(46)38(35(47)42-54(50,51)37(3)14-15-37)19-26(21-44(38)33(45)31(23)41-36(48)49)53-32-27-13-12-25(43(4)5)18-28(27)30(52-6)20-39-32/h9,11-13,18,20,22-24,26,29,31,41H,7-8,10,14-17,19,21H2,1-6H3,(H,40,46)(H,42,47)(H,48,49)/b11-9-/t22-,23+,24+,26+,29+,31-,38-/m0/s1. The number of carbonyl (C=O) groups is 4. The minimum Gasteiger partial charge on any atom is -0.494 e. The third kappa shape index (κ3) is 7.53. The summed E-state index contributed by atoms with van der Waals surface area (Å²) in [7, 11) is 1.05. The quantitative estimate of drug-likeness (QED) is 0.215. The molecule has 4 aliphatic rings. The number of pyridine rings is 1. The summed E-state index contributed by atoms with van der Waals surface area (Å²) in [6.07, 6.45) is 6.46. The highest BCUT2D eigenvalue weighted by molar-refractivity contribution is 7.91. The Hall–Kier alpha value is -4.60. The van der Waals surface area contributed by atoms with E-state index in [1.807, 2.05) is 50.2 Å². The first-order chi connectivity index (χ1) is 25.5. The number of nitrogens with one attached hydrogen (secondary N) is 3. The topological polar surface area (TPSA) is 197 Å². The van der Waals surface area contributed by atoms with Gasteiger partial charge in [0, 0.05) is 43.0 Å². The third-order valence-electron chi connectivity index (χ3n) is 11.6. The maximum atomic E-state index is 15.0. The molecular weight excluding hydrogens is 717 g/mol. The van der Waals surface area contributed by atoms with Gasteiger partial charge in [-0.1, -0.05) is 32.4 Å². The number of rotatable bonds is 9. The van der Waals surface area contributed by atoms with Crippen LogP contribution in [0.25, 0.3) is 10.8 Å². The predicted octanol–water partition coefficient (Wildman–Crippen LogP) is 3.57. The highest BCUT2D eigenvalue weighted by Gasteiger charge is 2.63. The van der Waals surface area contributed by atoms with Crippen LogP contribution in [0.2, 0.25) is 0 Å². The zero-order valence-electron chi connectivity index (χ0n) is 31.8. The predicted molar refractivity (Wildman–Crippen MR) is 202 cm³/mol. The lowest BCUT2D eigenvalue weighted by molar-refractivity contribution is -0.154. The Labute approximate surface area is 316 Å². The zero-order valence-corrected chi connectivity index (χ0v) is 32.6. The molecule has 3 heterocycles. The van der Waals surface area contributed by atoms with Gasteiger partial charge in [0.15, 0.2) is 0 Å². The van der Waals surface area contributed by atoms with Gasteiger partial charge >= 0.3 is 6.09 Å². The average molecular weight is 769 g/mol. The molecule has 2 aromatic rings. The summed E-state index contributed by atoms with van der Waals surface area (Å²) in [5.41, 5.74) is -1.53. The molecule has 1 saturated heterocycles. The fourth-order valence-corrected chi connectivity index (χ4v) is 9.09. The number of hydrogen-bond donors (Lipinski definition) is 4. The van der Waals surface area contributed by atoms with Gasteiger partial charge in [0.25, 0.3) is 11.8 Å². The number of carboxylic acid groups (broad SMARTS) is 1. The average Bonchev–Trinajstić information content (AvgIpc) is 4.03. The smallest absolute Gasteiger partial charge is 0.405 e. The monoisotopic (exact) mass is 768 g/mol. The molecule has 6 rings (SSSR count). The lowest BCUT2D eigenvalue weighted by Crippen LogP contribution is -2.69. The molecule has 0 unspecified atom stereocenters. The number of fused-ring (bicyclic) bond motifs is 3. The van der Waals surface area contributed by atoms with Crippen molar-refractivity contribution >= 4 is 50.3 Å². The van der Waals surface area contributed by atoms with E-state index >= 15 is 0 Å². The third-order valence-corrected chi connectivity index (χ3v) is 13.8. The number of sulfonamides is 1. The van der Waals surface area contributed by atoms with E-state index in [-0.39, 0.29) is 30.3 Å². The lowest BCUT2D eigenvalue weighted by Gasteiger charge is -2.39. The van der Waals surface area contributed by atoms with Crippen LogP contribution in [-0.4, -0.2) is 103 Å². The van der Waals surface area contributed by atoms with Crippen molar-refractivity contribution in [3.63, 3.8) is 0 Å². The van der Waals surface area contributed by atoms with E-state index in [1.54, 1.807) is 0 Å². The molecule has 3 fully saturated rings. The molecule has 0 radical (unpaired) electrons. The van der Waals surface area contributed by atoms with Crippen LogP contribution in [0.3, 0.4) is 0 Å². The molecule has 0 spiro atoms. The van der Waals surface area contributed by atoms with Gasteiger partial charge in [0.1, 0.15) is 17.9 Å². The van der Waals surface area contributed by atoms with Crippen molar-refractivity contribution in [1.29, 1.82) is 0 Å². The van der Waals surface area contributed by atoms with Crippen molar-refractivity contribution in [3.8, 4) is 11.6 Å². The normalized spacial score (nSPS) is 30.1. The van der Waals surface area contributed by atoms with Gasteiger partial charge in [-0.2, -0.15) is 0 Å². The number of nitrogens with zero attached hydrogens (tertiary/aromatic N) is 3. The molecule has 294 valence electrons. The Morgan fingerprint density at radius 3 is 2.56 bits per heavy atom. The van der Waals surface area contributed by atoms with Crippen LogP contribution < -0.4 is 29.7 Å². The van der Waals surface area contributed by atoms with E-state index in [4.69, 9.17) is 9.47 Å². The number of amides is 4. The number of anilines is 1. The van der Waals surface area contributed by atoms with Crippen molar-refractivity contribution in [2.75, 3.05) is 32.6 Å². The van der Waals surface area contributed by atoms with Gasteiger partial charge in [-0.05, 0) is 81.4 Å². The molecular formula is C38H52N6O9S. The molecule has 2 aliphatic heterocycles. The number of allylic oxidation sites excluding steroid dienone is 1. The minimum absolute atomic E-state index is 0.00735. The molecule has 4 N–H and O–H groups in total. The summed E-state index contributed by atoms with van der Waals surface area (Å²) in [6, 6.07) is 3.91. The highest BCUT2D eigenvalue weighted by atomic mass is 32.2. The van der Waals surface area contributed by atoms with Gasteiger partial charge in [-0.25, -0.2) is 18.2 Å². The summed E-state index contributed by atoms with van der Waals surface area (Å²) in [5, 5.41) is 16.6. The molecule has 54 heavy (non-hydrogen) atoms. The van der Waals surface area contributed by atoms with E-state index in [0.29, 0.717) is 48.6 Å². The lowest BCUT2D eigenvalue weighted by atomic mass is 9.84. The van der Waals surface area contributed by atoms with E-state index in [2.05, 4.69) is 33.3 Å². The SMILES string of the molecule is CC[C@@H]1C[C@@H](C)CC/C=C\[C@@H]2C[C@H]2NC(=O)[C@]2(C(=O)NS(=O)(=O)C3(C)CC3)C[C@@H](Oc3ncc(OC)c4cc(N(C)C)ccc34)CN2C(=O)[C@H]1NC(=O)O. The van der Waals surface area contributed by atoms with Gasteiger partial charge < -0.3 is 35.0 Å². The molecule has 1 aromatic carbocycles. The van der Waals surface area contributed by atoms with Gasteiger partial charge in [-0.3, -0.25) is 19.1 Å². The van der Waals surface area contributed by atoms with Gasteiger partial charge in [0.05, 0.1) is 24.6 Å². The maximum Gasteiger partial charge on any atom is 0.405 e. The van der Waals surface area contributed by atoms with Crippen LogP contribution in [0, 0.1) is 17.8 Å². The number of ether oxygens (including phenoxy) is 2. The van der Waals surface area contributed by atoms with Gasteiger partial charge in [-0.15, -0.1) is 0 Å². The van der Waals surface area contributed by atoms with Gasteiger partial charge in [0.2, 0.25) is 27.3 Å². The molecule has 1 aromatic heterocycles. The van der Waals surface area contributed by atoms with Crippen LogP contribution >= 0.6 is 0 Å². The van der Waals surface area contributed by atoms with Crippen LogP contribution in [0.15, 0.2) is 36.5 Å². The first-order valence-corrected chi connectivity index (χ1v) is 20.2. The molecule has 7 atom stereocenters. The first-order valence-electron chi connectivity index (χ1n) is 18.7. The first kappa shape index (κ1) is 39.1. The Balaban J connectivity index is 1.47.